The Hall–Kier alpha value is -2.58. The lowest BCUT2D eigenvalue weighted by atomic mass is 10.1. The van der Waals surface area contributed by atoms with Crippen molar-refractivity contribution in [3.63, 3.8) is 0 Å². The van der Waals surface area contributed by atoms with E-state index in [2.05, 4.69) is 4.72 Å². The molecular formula is C19H20N2O2S. The van der Waals surface area contributed by atoms with E-state index in [0.29, 0.717) is 11.3 Å². The zero-order valence-corrected chi connectivity index (χ0v) is 15.0. The van der Waals surface area contributed by atoms with Crippen LogP contribution in [0.4, 0.5) is 5.69 Å². The number of nitrogens with one attached hydrogen (secondary N) is 1. The summed E-state index contributed by atoms with van der Waals surface area (Å²) in [6.45, 7) is 7.68. The van der Waals surface area contributed by atoms with Gasteiger partial charge in [-0.25, -0.2) is 8.42 Å². The number of sulfonamides is 1. The van der Waals surface area contributed by atoms with Crippen LogP contribution in [0.5, 0.6) is 0 Å². The Kier molecular flexibility index (Phi) is 5.10. The molecule has 2 aromatic carbocycles. The van der Waals surface area contributed by atoms with Gasteiger partial charge in [0, 0.05) is 0 Å². The molecule has 5 heteroatoms. The van der Waals surface area contributed by atoms with Gasteiger partial charge in [-0.15, -0.1) is 0 Å². The van der Waals surface area contributed by atoms with Crippen molar-refractivity contribution in [2.24, 2.45) is 0 Å². The Labute approximate surface area is 143 Å². The van der Waals surface area contributed by atoms with E-state index < -0.39 is 10.0 Å². The highest BCUT2D eigenvalue weighted by Crippen LogP contribution is 2.21. The third-order valence-corrected chi connectivity index (χ3v) is 5.13. The van der Waals surface area contributed by atoms with Gasteiger partial charge in [0.2, 0.25) is 0 Å². The molecule has 0 aromatic heterocycles. The van der Waals surface area contributed by atoms with Gasteiger partial charge in [-0.3, -0.25) is 4.72 Å². The Morgan fingerprint density at radius 2 is 1.71 bits per heavy atom. The van der Waals surface area contributed by atoms with Crippen LogP contribution >= 0.6 is 0 Å². The number of nitrogens with zero attached hydrogens (tertiary/aromatic N) is 1. The molecule has 0 radical (unpaired) electrons. The van der Waals surface area contributed by atoms with E-state index in [1.807, 2.05) is 52.0 Å². The highest BCUT2D eigenvalue weighted by Gasteiger charge is 2.18. The van der Waals surface area contributed by atoms with Crippen molar-refractivity contribution in [3.05, 3.63) is 69.1 Å². The van der Waals surface area contributed by atoms with Crippen molar-refractivity contribution < 1.29 is 8.42 Å². The molecule has 0 fully saturated rings. The first kappa shape index (κ1) is 17.8. The molecule has 0 aliphatic carbocycles. The van der Waals surface area contributed by atoms with E-state index in [1.54, 1.807) is 18.2 Å². The fourth-order valence-electron chi connectivity index (χ4n) is 2.30. The van der Waals surface area contributed by atoms with E-state index in [0.717, 1.165) is 22.3 Å². The zero-order chi connectivity index (χ0) is 17.9. The van der Waals surface area contributed by atoms with Crippen LogP contribution in [0, 0.1) is 39.0 Å². The maximum Gasteiger partial charge on any atom is 0.272 e. The summed E-state index contributed by atoms with van der Waals surface area (Å²) in [5.74, 6) is 0. The molecule has 24 heavy (non-hydrogen) atoms. The minimum Gasteiger partial charge on any atom is -0.279 e. The van der Waals surface area contributed by atoms with Gasteiger partial charge in [0.15, 0.2) is 4.91 Å². The summed E-state index contributed by atoms with van der Waals surface area (Å²) in [6, 6.07) is 12.8. The molecule has 0 unspecified atom stereocenters. The summed E-state index contributed by atoms with van der Waals surface area (Å²) in [6.07, 6.45) is 1.39. The number of anilines is 1. The fourth-order valence-corrected chi connectivity index (χ4v) is 3.34. The van der Waals surface area contributed by atoms with Crippen molar-refractivity contribution in [2.75, 3.05) is 4.72 Å². The van der Waals surface area contributed by atoms with Gasteiger partial charge in [0.25, 0.3) is 10.0 Å². The lowest BCUT2D eigenvalue weighted by Gasteiger charge is -2.10. The standard InChI is InChI=1S/C19H20N2O2S/c1-13-5-8-19(16(4)9-13)21-24(22,23)18(12-20)11-17-7-6-14(2)15(3)10-17/h5-11,21H,1-4H3/b18-11+. The molecule has 0 aliphatic heterocycles. The third-order valence-electron chi connectivity index (χ3n) is 3.85. The van der Waals surface area contributed by atoms with Crippen molar-refractivity contribution in [3.8, 4) is 6.07 Å². The fraction of sp³-hybridized carbons (Fsp3) is 0.211. The summed E-state index contributed by atoms with van der Waals surface area (Å²) < 4.78 is 27.5. The highest BCUT2D eigenvalue weighted by atomic mass is 32.2. The summed E-state index contributed by atoms with van der Waals surface area (Å²) in [5.41, 5.74) is 5.16. The first-order valence-corrected chi connectivity index (χ1v) is 9.00. The van der Waals surface area contributed by atoms with Crippen LogP contribution in [0.25, 0.3) is 6.08 Å². The van der Waals surface area contributed by atoms with E-state index in [9.17, 15) is 13.7 Å². The van der Waals surface area contributed by atoms with Crippen LogP contribution in [0.15, 0.2) is 41.3 Å². The van der Waals surface area contributed by atoms with Gasteiger partial charge < -0.3 is 0 Å². The van der Waals surface area contributed by atoms with Gasteiger partial charge in [0.1, 0.15) is 6.07 Å². The van der Waals surface area contributed by atoms with Crippen LogP contribution in [0.3, 0.4) is 0 Å². The summed E-state index contributed by atoms with van der Waals surface area (Å²) in [4.78, 5) is -0.314. The number of hydrogen-bond acceptors (Lipinski definition) is 3. The number of allylic oxidation sites excluding steroid dienone is 1. The molecule has 0 saturated carbocycles. The molecule has 2 rings (SSSR count). The second-order valence-electron chi connectivity index (χ2n) is 5.89. The van der Waals surface area contributed by atoms with Crippen LogP contribution in [-0.4, -0.2) is 8.42 Å². The quantitative estimate of drug-likeness (QED) is 0.847. The monoisotopic (exact) mass is 340 g/mol. The average Bonchev–Trinajstić information content (AvgIpc) is 2.51. The predicted molar refractivity (Wildman–Crippen MR) is 98.0 cm³/mol. The molecule has 1 N–H and O–H groups in total. The van der Waals surface area contributed by atoms with Crippen molar-refractivity contribution >= 4 is 21.8 Å². The minimum absolute atomic E-state index is 0.314. The maximum absolute atomic E-state index is 12.5. The van der Waals surface area contributed by atoms with E-state index in [1.165, 1.54) is 6.08 Å². The molecule has 4 nitrogen and oxygen atoms in total. The number of benzene rings is 2. The van der Waals surface area contributed by atoms with Gasteiger partial charge in [-0.2, -0.15) is 5.26 Å². The first-order valence-electron chi connectivity index (χ1n) is 7.52. The smallest absolute Gasteiger partial charge is 0.272 e. The average molecular weight is 340 g/mol. The Balaban J connectivity index is 2.39. The number of hydrogen-bond donors (Lipinski definition) is 1. The lowest BCUT2D eigenvalue weighted by Crippen LogP contribution is -2.15. The summed E-state index contributed by atoms with van der Waals surface area (Å²) >= 11 is 0. The first-order chi connectivity index (χ1) is 11.2. The van der Waals surface area contributed by atoms with E-state index in [4.69, 9.17) is 0 Å². The summed E-state index contributed by atoms with van der Waals surface area (Å²) in [7, 11) is -3.93. The van der Waals surface area contributed by atoms with Gasteiger partial charge in [-0.05, 0) is 62.1 Å². The van der Waals surface area contributed by atoms with Crippen LogP contribution in [-0.2, 0) is 10.0 Å². The topological polar surface area (TPSA) is 70.0 Å². The third kappa shape index (κ3) is 4.03. The molecule has 124 valence electrons. The lowest BCUT2D eigenvalue weighted by molar-refractivity contribution is 0.608. The molecule has 0 atom stereocenters. The van der Waals surface area contributed by atoms with Gasteiger partial charge >= 0.3 is 0 Å². The second kappa shape index (κ2) is 6.90. The highest BCUT2D eigenvalue weighted by molar-refractivity contribution is 7.97. The molecular weight excluding hydrogens is 320 g/mol. The van der Waals surface area contributed by atoms with Crippen LogP contribution in [0.1, 0.15) is 27.8 Å². The predicted octanol–water partition coefficient (Wildman–Crippen LogP) is 4.23. The van der Waals surface area contributed by atoms with E-state index in [-0.39, 0.29) is 4.91 Å². The zero-order valence-electron chi connectivity index (χ0n) is 14.2. The number of rotatable bonds is 4. The Morgan fingerprint density at radius 3 is 2.29 bits per heavy atom. The summed E-state index contributed by atoms with van der Waals surface area (Å²) in [5, 5.41) is 9.30. The van der Waals surface area contributed by atoms with Crippen molar-refractivity contribution in [1.29, 1.82) is 5.26 Å². The minimum atomic E-state index is -3.93. The van der Waals surface area contributed by atoms with Crippen LogP contribution < -0.4 is 4.72 Å². The maximum atomic E-state index is 12.5. The molecule has 2 aromatic rings. The molecule has 0 saturated heterocycles. The molecule has 0 aliphatic rings. The Bertz CT molecular complexity index is 952. The normalized spacial score (nSPS) is 11.9. The largest absolute Gasteiger partial charge is 0.279 e. The van der Waals surface area contributed by atoms with Crippen molar-refractivity contribution in [2.45, 2.75) is 27.7 Å². The molecule has 0 amide bonds. The van der Waals surface area contributed by atoms with Crippen molar-refractivity contribution in [1.82, 2.24) is 0 Å². The second-order valence-corrected chi connectivity index (χ2v) is 7.54. The Morgan fingerprint density at radius 1 is 1.00 bits per heavy atom. The number of nitriles is 1. The van der Waals surface area contributed by atoms with Gasteiger partial charge in [-0.1, -0.05) is 35.9 Å². The number of aryl methyl sites for hydroxylation is 4. The molecule has 0 bridgehead atoms. The van der Waals surface area contributed by atoms with Gasteiger partial charge in [0.05, 0.1) is 5.69 Å². The molecule has 0 heterocycles. The molecule has 0 spiro atoms. The van der Waals surface area contributed by atoms with E-state index >= 15 is 0 Å². The SMILES string of the molecule is Cc1ccc(NS(=O)(=O)/C(C#N)=C/c2ccc(C)c(C)c2)c(C)c1. The van der Waals surface area contributed by atoms with Crippen LogP contribution in [0.2, 0.25) is 0 Å².